The van der Waals surface area contributed by atoms with Crippen molar-refractivity contribution in [1.82, 2.24) is 13.9 Å². The van der Waals surface area contributed by atoms with Crippen molar-refractivity contribution in [2.24, 2.45) is 0 Å². The number of amides is 1. The first-order chi connectivity index (χ1) is 13.6. The van der Waals surface area contributed by atoms with Crippen LogP contribution in [0.15, 0.2) is 24.3 Å². The molecule has 0 bridgehead atoms. The molecule has 1 aromatic rings. The average Bonchev–Trinajstić information content (AvgIpc) is 2.68. The summed E-state index contributed by atoms with van der Waals surface area (Å²) in [7, 11) is -6.89. The Labute approximate surface area is 173 Å². The van der Waals surface area contributed by atoms with Crippen molar-refractivity contribution in [3.05, 3.63) is 29.8 Å². The van der Waals surface area contributed by atoms with E-state index in [9.17, 15) is 21.6 Å². The number of nitrogens with one attached hydrogen (secondary N) is 1. The van der Waals surface area contributed by atoms with Gasteiger partial charge in [-0.05, 0) is 30.7 Å². The smallest absolute Gasteiger partial charge is 0.251 e. The molecule has 9 nitrogen and oxygen atoms in total. The summed E-state index contributed by atoms with van der Waals surface area (Å²) in [6, 6.07) is 6.69. The fourth-order valence-electron chi connectivity index (χ4n) is 2.84. The minimum absolute atomic E-state index is 0.0256. The normalized spacial score (nSPS) is 16.5. The molecule has 2 rings (SSSR count). The van der Waals surface area contributed by atoms with Gasteiger partial charge in [0.1, 0.15) is 5.75 Å². The van der Waals surface area contributed by atoms with Crippen molar-refractivity contribution in [2.75, 3.05) is 51.3 Å². The van der Waals surface area contributed by atoms with E-state index in [0.29, 0.717) is 17.9 Å². The molecule has 164 valence electrons. The van der Waals surface area contributed by atoms with Crippen LogP contribution in [0, 0.1) is 0 Å². The van der Waals surface area contributed by atoms with Gasteiger partial charge in [-0.2, -0.15) is 8.61 Å². The third-order valence-electron chi connectivity index (χ3n) is 4.59. The van der Waals surface area contributed by atoms with Gasteiger partial charge in [-0.1, -0.05) is 13.3 Å². The number of carbonyl (C=O) groups is 1. The Balaban J connectivity index is 1.79. The van der Waals surface area contributed by atoms with Crippen LogP contribution in [0.2, 0.25) is 0 Å². The molecular weight excluding hydrogens is 418 g/mol. The molecule has 1 fully saturated rings. The molecule has 0 atom stereocenters. The van der Waals surface area contributed by atoms with Crippen molar-refractivity contribution in [3.63, 3.8) is 0 Å². The zero-order valence-electron chi connectivity index (χ0n) is 16.8. The van der Waals surface area contributed by atoms with Gasteiger partial charge in [-0.25, -0.2) is 16.8 Å². The molecule has 0 radical (unpaired) electrons. The van der Waals surface area contributed by atoms with E-state index < -0.39 is 20.0 Å². The lowest BCUT2D eigenvalue weighted by Crippen LogP contribution is -2.51. The Kier molecular flexibility index (Phi) is 8.44. The molecule has 0 spiro atoms. The van der Waals surface area contributed by atoms with Gasteiger partial charge in [0.25, 0.3) is 5.91 Å². The van der Waals surface area contributed by atoms with E-state index in [1.165, 1.54) is 8.61 Å². The number of sulfonamides is 2. The fraction of sp³-hybridized carbons (Fsp3) is 0.611. The van der Waals surface area contributed by atoms with Crippen LogP contribution in [0.25, 0.3) is 0 Å². The first kappa shape index (κ1) is 23.6. The fourth-order valence-corrected chi connectivity index (χ4v) is 5.01. The summed E-state index contributed by atoms with van der Waals surface area (Å²) in [5.74, 6) is 0.0866. The standard InChI is InChI=1S/C18H29N3O6S2/c1-3-4-14-27-17-7-5-16(6-8-17)18(22)19-9-15-29(25,26)21-12-10-20(11-13-21)28(2,23)24/h5-8H,3-4,9-15H2,1-2H3,(H,19,22). The molecule has 1 aliphatic rings. The topological polar surface area (TPSA) is 113 Å². The van der Waals surface area contributed by atoms with Gasteiger partial charge in [0.15, 0.2) is 0 Å². The molecule has 1 N–H and O–H groups in total. The minimum Gasteiger partial charge on any atom is -0.494 e. The summed E-state index contributed by atoms with van der Waals surface area (Å²) >= 11 is 0. The second kappa shape index (κ2) is 10.4. The predicted octanol–water partition coefficient (Wildman–Crippen LogP) is 0.502. The summed E-state index contributed by atoms with van der Waals surface area (Å²) in [4.78, 5) is 12.2. The minimum atomic E-state index is -3.57. The lowest BCUT2D eigenvalue weighted by molar-refractivity contribution is 0.0956. The highest BCUT2D eigenvalue weighted by Crippen LogP contribution is 2.13. The zero-order chi connectivity index (χ0) is 21.5. The van der Waals surface area contributed by atoms with Crippen molar-refractivity contribution < 1.29 is 26.4 Å². The molecule has 1 saturated heterocycles. The van der Waals surface area contributed by atoms with Crippen LogP contribution in [0.4, 0.5) is 0 Å². The van der Waals surface area contributed by atoms with E-state index >= 15 is 0 Å². The zero-order valence-corrected chi connectivity index (χ0v) is 18.5. The van der Waals surface area contributed by atoms with Gasteiger partial charge >= 0.3 is 0 Å². The second-order valence-electron chi connectivity index (χ2n) is 6.86. The maximum absolute atomic E-state index is 12.4. The van der Waals surface area contributed by atoms with E-state index in [1.807, 2.05) is 0 Å². The maximum atomic E-state index is 12.4. The van der Waals surface area contributed by atoms with Gasteiger partial charge in [0, 0.05) is 38.3 Å². The number of hydrogen-bond acceptors (Lipinski definition) is 6. The SMILES string of the molecule is CCCCOc1ccc(C(=O)NCCS(=O)(=O)N2CCN(S(C)(=O)=O)CC2)cc1. The van der Waals surface area contributed by atoms with E-state index in [0.717, 1.165) is 19.1 Å². The first-order valence-electron chi connectivity index (χ1n) is 9.57. The number of ether oxygens (including phenoxy) is 1. The van der Waals surface area contributed by atoms with E-state index in [1.54, 1.807) is 24.3 Å². The molecule has 29 heavy (non-hydrogen) atoms. The predicted molar refractivity (Wildman–Crippen MR) is 111 cm³/mol. The highest BCUT2D eigenvalue weighted by atomic mass is 32.2. The Morgan fingerprint density at radius 3 is 2.17 bits per heavy atom. The van der Waals surface area contributed by atoms with Crippen LogP contribution >= 0.6 is 0 Å². The second-order valence-corrected chi connectivity index (χ2v) is 10.9. The lowest BCUT2D eigenvalue weighted by Gasteiger charge is -2.32. The van der Waals surface area contributed by atoms with Gasteiger partial charge in [-0.3, -0.25) is 4.79 Å². The Morgan fingerprint density at radius 1 is 1.03 bits per heavy atom. The number of hydrogen-bond donors (Lipinski definition) is 1. The highest BCUT2D eigenvalue weighted by Gasteiger charge is 2.30. The molecule has 1 heterocycles. The summed E-state index contributed by atoms with van der Waals surface area (Å²) in [6.45, 7) is 3.17. The third-order valence-corrected chi connectivity index (χ3v) is 7.76. The highest BCUT2D eigenvalue weighted by molar-refractivity contribution is 7.89. The van der Waals surface area contributed by atoms with Crippen LogP contribution in [-0.2, 0) is 20.0 Å². The van der Waals surface area contributed by atoms with Crippen LogP contribution in [0.5, 0.6) is 5.75 Å². The molecule has 0 unspecified atom stereocenters. The summed E-state index contributed by atoms with van der Waals surface area (Å²) in [5.41, 5.74) is 0.423. The van der Waals surface area contributed by atoms with Gasteiger partial charge in [0.2, 0.25) is 20.0 Å². The van der Waals surface area contributed by atoms with Gasteiger partial charge in [-0.15, -0.1) is 0 Å². The molecule has 1 aliphatic heterocycles. The molecule has 1 amide bonds. The number of benzene rings is 1. The number of unbranched alkanes of at least 4 members (excludes halogenated alkanes) is 1. The summed E-state index contributed by atoms with van der Waals surface area (Å²) in [5, 5.41) is 2.61. The molecule has 0 aliphatic carbocycles. The van der Waals surface area contributed by atoms with Crippen molar-refractivity contribution in [3.8, 4) is 5.75 Å². The molecule has 0 aromatic heterocycles. The molecule has 1 aromatic carbocycles. The Morgan fingerprint density at radius 2 is 1.62 bits per heavy atom. The third kappa shape index (κ3) is 7.25. The van der Waals surface area contributed by atoms with Crippen molar-refractivity contribution >= 4 is 26.0 Å². The van der Waals surface area contributed by atoms with Crippen LogP contribution in [0.3, 0.4) is 0 Å². The first-order valence-corrected chi connectivity index (χ1v) is 13.0. The summed E-state index contributed by atoms with van der Waals surface area (Å²) < 4.78 is 55.9. The maximum Gasteiger partial charge on any atom is 0.251 e. The van der Waals surface area contributed by atoms with E-state index in [-0.39, 0.29) is 44.4 Å². The van der Waals surface area contributed by atoms with E-state index in [2.05, 4.69) is 12.2 Å². The Bertz CT molecular complexity index is 877. The van der Waals surface area contributed by atoms with Crippen LogP contribution in [0.1, 0.15) is 30.1 Å². The summed E-state index contributed by atoms with van der Waals surface area (Å²) in [6.07, 6.45) is 3.10. The quantitative estimate of drug-likeness (QED) is 0.523. The molecule has 0 saturated carbocycles. The number of rotatable bonds is 10. The van der Waals surface area contributed by atoms with E-state index in [4.69, 9.17) is 4.74 Å². The largest absolute Gasteiger partial charge is 0.494 e. The molecular formula is C18H29N3O6S2. The number of carbonyl (C=O) groups excluding carboxylic acids is 1. The average molecular weight is 448 g/mol. The lowest BCUT2D eigenvalue weighted by atomic mass is 10.2. The molecule has 11 heteroatoms. The van der Waals surface area contributed by atoms with Crippen LogP contribution < -0.4 is 10.1 Å². The number of nitrogens with zero attached hydrogens (tertiary/aromatic N) is 2. The van der Waals surface area contributed by atoms with Crippen LogP contribution in [-0.4, -0.2) is 82.7 Å². The van der Waals surface area contributed by atoms with Gasteiger partial charge < -0.3 is 10.1 Å². The number of piperazine rings is 1. The van der Waals surface area contributed by atoms with Gasteiger partial charge in [0.05, 0.1) is 18.6 Å². The monoisotopic (exact) mass is 447 g/mol. The Hall–Kier alpha value is -1.69. The van der Waals surface area contributed by atoms with Crippen molar-refractivity contribution in [1.29, 1.82) is 0 Å². The van der Waals surface area contributed by atoms with Crippen molar-refractivity contribution in [2.45, 2.75) is 19.8 Å².